The van der Waals surface area contributed by atoms with Gasteiger partial charge in [0, 0.05) is 13.0 Å². The first kappa shape index (κ1) is 8.92. The Hall–Kier alpha value is -0.0800. The summed E-state index contributed by atoms with van der Waals surface area (Å²) in [6, 6.07) is 0.551. The predicted molar refractivity (Wildman–Crippen MR) is 39.2 cm³/mol. The van der Waals surface area contributed by atoms with Gasteiger partial charge in [-0.05, 0) is 6.92 Å². The maximum absolute atomic E-state index is 8.59. The Balaban J connectivity index is 3.59. The first-order valence-corrected chi connectivity index (χ1v) is 3.40. The molecule has 1 N–H and O–H groups in total. The van der Waals surface area contributed by atoms with Gasteiger partial charge in [-0.2, -0.15) is 0 Å². The molecular formula is C7H18NO+. The Morgan fingerprint density at radius 1 is 1.33 bits per heavy atom. The molecule has 2 heteroatoms. The summed E-state index contributed by atoms with van der Waals surface area (Å²) in [7, 11) is 6.42. The number of rotatable bonds is 3. The van der Waals surface area contributed by atoms with E-state index in [0.717, 1.165) is 10.9 Å². The molecule has 0 radical (unpaired) electrons. The van der Waals surface area contributed by atoms with Crippen molar-refractivity contribution in [3.63, 3.8) is 0 Å². The van der Waals surface area contributed by atoms with Crippen LogP contribution in [0.3, 0.4) is 0 Å². The van der Waals surface area contributed by atoms with Crippen LogP contribution in [0.5, 0.6) is 0 Å². The molecule has 0 saturated carbocycles. The van der Waals surface area contributed by atoms with E-state index >= 15 is 0 Å². The molecule has 0 bridgehead atoms. The topological polar surface area (TPSA) is 20.2 Å². The Bertz CT molecular complexity index is 75.5. The lowest BCUT2D eigenvalue weighted by molar-refractivity contribution is -0.894. The highest BCUT2D eigenvalue weighted by Gasteiger charge is 2.16. The lowest BCUT2D eigenvalue weighted by Gasteiger charge is -2.31. The summed E-state index contributed by atoms with van der Waals surface area (Å²) in [5.41, 5.74) is 0. The van der Waals surface area contributed by atoms with E-state index in [-0.39, 0.29) is 0 Å². The molecular weight excluding hydrogens is 114 g/mol. The lowest BCUT2D eigenvalue weighted by atomic mass is 10.2. The maximum Gasteiger partial charge on any atom is 0.0877 e. The van der Waals surface area contributed by atoms with Gasteiger partial charge in [-0.15, -0.1) is 0 Å². The van der Waals surface area contributed by atoms with Crippen LogP contribution >= 0.6 is 0 Å². The smallest absolute Gasteiger partial charge is 0.0877 e. The van der Waals surface area contributed by atoms with Crippen molar-refractivity contribution < 1.29 is 9.59 Å². The Kier molecular flexibility index (Phi) is 3.15. The highest BCUT2D eigenvalue weighted by atomic mass is 16.3. The van der Waals surface area contributed by atoms with Crippen molar-refractivity contribution in [3.05, 3.63) is 0 Å². The van der Waals surface area contributed by atoms with Crippen LogP contribution < -0.4 is 0 Å². The Labute approximate surface area is 57.7 Å². The van der Waals surface area contributed by atoms with Gasteiger partial charge >= 0.3 is 0 Å². The van der Waals surface area contributed by atoms with Gasteiger partial charge in [-0.25, -0.2) is 0 Å². The van der Waals surface area contributed by atoms with Crippen molar-refractivity contribution in [3.8, 4) is 0 Å². The van der Waals surface area contributed by atoms with Crippen LogP contribution in [-0.4, -0.2) is 43.4 Å². The summed E-state index contributed by atoms with van der Waals surface area (Å²) in [6.45, 7) is 2.45. The minimum atomic E-state index is 0.302. The molecule has 0 aromatic rings. The molecule has 0 aliphatic carbocycles. The molecule has 1 unspecified atom stereocenters. The van der Waals surface area contributed by atoms with E-state index in [2.05, 4.69) is 28.1 Å². The van der Waals surface area contributed by atoms with Crippen LogP contribution in [0, 0.1) is 0 Å². The Morgan fingerprint density at radius 2 is 1.78 bits per heavy atom. The molecule has 0 rings (SSSR count). The van der Waals surface area contributed by atoms with Gasteiger partial charge in [0.15, 0.2) is 0 Å². The van der Waals surface area contributed by atoms with Gasteiger partial charge in [0.1, 0.15) is 0 Å². The van der Waals surface area contributed by atoms with Gasteiger partial charge < -0.3 is 9.59 Å². The summed E-state index contributed by atoms with van der Waals surface area (Å²) >= 11 is 0. The van der Waals surface area contributed by atoms with Crippen LogP contribution in [0.15, 0.2) is 0 Å². The van der Waals surface area contributed by atoms with Crippen LogP contribution in [0.25, 0.3) is 0 Å². The second-order valence-corrected chi connectivity index (χ2v) is 3.48. The van der Waals surface area contributed by atoms with Gasteiger partial charge in [0.2, 0.25) is 0 Å². The second-order valence-electron chi connectivity index (χ2n) is 3.48. The maximum atomic E-state index is 8.59. The molecule has 0 aromatic carbocycles. The summed E-state index contributed by atoms with van der Waals surface area (Å²) in [6.07, 6.45) is 0.892. The lowest BCUT2D eigenvalue weighted by Crippen LogP contribution is -2.43. The first-order valence-electron chi connectivity index (χ1n) is 3.40. The van der Waals surface area contributed by atoms with Crippen molar-refractivity contribution in [2.24, 2.45) is 0 Å². The number of aliphatic hydroxyl groups excluding tert-OH is 1. The minimum absolute atomic E-state index is 0.302. The summed E-state index contributed by atoms with van der Waals surface area (Å²) < 4.78 is 0.931. The third-order valence-corrected chi connectivity index (χ3v) is 1.87. The summed E-state index contributed by atoms with van der Waals surface area (Å²) in [5.74, 6) is 0. The molecule has 0 spiro atoms. The van der Waals surface area contributed by atoms with Crippen molar-refractivity contribution in [1.82, 2.24) is 0 Å². The zero-order chi connectivity index (χ0) is 7.49. The number of hydrogen-bond donors (Lipinski definition) is 1. The van der Waals surface area contributed by atoms with Crippen molar-refractivity contribution in [2.75, 3.05) is 27.7 Å². The molecule has 2 nitrogen and oxygen atoms in total. The molecule has 9 heavy (non-hydrogen) atoms. The zero-order valence-electron chi connectivity index (χ0n) is 6.89. The number of nitrogens with zero attached hydrogens (tertiary/aromatic N) is 1. The largest absolute Gasteiger partial charge is 0.396 e. The summed E-state index contributed by atoms with van der Waals surface area (Å²) in [4.78, 5) is 0. The average Bonchev–Trinajstić information content (AvgIpc) is 1.64. The minimum Gasteiger partial charge on any atom is -0.396 e. The second kappa shape index (κ2) is 3.18. The first-order chi connectivity index (χ1) is 3.98. The predicted octanol–water partition coefficient (Wildman–Crippen LogP) is 0.464. The molecule has 0 heterocycles. The van der Waals surface area contributed by atoms with Crippen molar-refractivity contribution in [2.45, 2.75) is 19.4 Å². The van der Waals surface area contributed by atoms with E-state index in [1.807, 2.05) is 0 Å². The molecule has 1 atom stereocenters. The molecule has 0 saturated heterocycles. The highest BCUT2D eigenvalue weighted by Crippen LogP contribution is 2.04. The molecule has 56 valence electrons. The zero-order valence-corrected chi connectivity index (χ0v) is 6.89. The standard InChI is InChI=1S/C7H18NO/c1-7(5-6-9)8(2,3)4/h7,9H,5-6H2,1-4H3/q+1. The van der Waals surface area contributed by atoms with E-state index in [0.29, 0.717) is 12.6 Å². The monoisotopic (exact) mass is 132 g/mol. The van der Waals surface area contributed by atoms with Gasteiger partial charge in [-0.1, -0.05) is 0 Å². The van der Waals surface area contributed by atoms with Gasteiger partial charge in [0.05, 0.1) is 27.2 Å². The van der Waals surface area contributed by atoms with Crippen molar-refractivity contribution >= 4 is 0 Å². The fourth-order valence-electron chi connectivity index (χ4n) is 0.574. The van der Waals surface area contributed by atoms with E-state index in [1.165, 1.54) is 0 Å². The number of aliphatic hydroxyl groups is 1. The fraction of sp³-hybridized carbons (Fsp3) is 1.00. The van der Waals surface area contributed by atoms with Crippen LogP contribution in [0.2, 0.25) is 0 Å². The number of quaternary nitrogens is 1. The quantitative estimate of drug-likeness (QED) is 0.553. The third-order valence-electron chi connectivity index (χ3n) is 1.87. The van der Waals surface area contributed by atoms with E-state index in [9.17, 15) is 0 Å². The average molecular weight is 132 g/mol. The molecule has 0 fully saturated rings. The summed E-state index contributed by atoms with van der Waals surface area (Å²) in [5, 5.41) is 8.59. The van der Waals surface area contributed by atoms with E-state index in [1.54, 1.807) is 0 Å². The molecule has 0 amide bonds. The van der Waals surface area contributed by atoms with E-state index in [4.69, 9.17) is 5.11 Å². The third kappa shape index (κ3) is 3.49. The highest BCUT2D eigenvalue weighted by molar-refractivity contribution is 4.46. The number of hydrogen-bond acceptors (Lipinski definition) is 1. The molecule has 0 aromatic heterocycles. The fourth-order valence-corrected chi connectivity index (χ4v) is 0.574. The van der Waals surface area contributed by atoms with E-state index < -0.39 is 0 Å². The van der Waals surface area contributed by atoms with Crippen molar-refractivity contribution in [1.29, 1.82) is 0 Å². The normalized spacial score (nSPS) is 15.7. The molecule has 0 aliphatic heterocycles. The van der Waals surface area contributed by atoms with Gasteiger partial charge in [0.25, 0.3) is 0 Å². The molecule has 0 aliphatic rings. The van der Waals surface area contributed by atoms with Crippen LogP contribution in [0.1, 0.15) is 13.3 Å². The van der Waals surface area contributed by atoms with Crippen LogP contribution in [-0.2, 0) is 0 Å². The Morgan fingerprint density at radius 3 is 1.89 bits per heavy atom. The van der Waals surface area contributed by atoms with Gasteiger partial charge in [-0.3, -0.25) is 0 Å². The van der Waals surface area contributed by atoms with Crippen LogP contribution in [0.4, 0.5) is 0 Å². The SMILES string of the molecule is CC(CCO)[N+](C)(C)C.